The SMILES string of the molecule is CCC(NC(=O)CN(c1cccc(C(C)=O)c1)S(C)(=O)=O)c1ccc(OC)c(OC)c1. The van der Waals surface area contributed by atoms with Gasteiger partial charge in [0.2, 0.25) is 15.9 Å². The van der Waals surface area contributed by atoms with Crippen molar-refractivity contribution in [3.8, 4) is 11.5 Å². The van der Waals surface area contributed by atoms with Crippen LogP contribution in [-0.4, -0.2) is 47.1 Å². The number of benzene rings is 2. The predicted octanol–water partition coefficient (Wildman–Crippen LogP) is 2.94. The van der Waals surface area contributed by atoms with Crippen LogP contribution in [-0.2, 0) is 14.8 Å². The van der Waals surface area contributed by atoms with Crippen molar-refractivity contribution < 1.29 is 27.5 Å². The minimum Gasteiger partial charge on any atom is -0.493 e. The Hall–Kier alpha value is -3.07. The van der Waals surface area contributed by atoms with Crippen LogP contribution in [0.15, 0.2) is 42.5 Å². The standard InChI is InChI=1S/C22H28N2O6S/c1-6-19(17-10-11-20(29-3)21(13-17)30-4)23-22(26)14-24(31(5,27)28)18-9-7-8-16(12-18)15(2)25/h7-13,19H,6,14H2,1-5H3,(H,23,26). The zero-order valence-corrected chi connectivity index (χ0v) is 19.2. The summed E-state index contributed by atoms with van der Waals surface area (Å²) in [7, 11) is -0.690. The number of carbonyl (C=O) groups excluding carboxylic acids is 2. The van der Waals surface area contributed by atoms with E-state index in [-0.39, 0.29) is 17.5 Å². The van der Waals surface area contributed by atoms with Crippen LogP contribution in [0, 0.1) is 0 Å². The van der Waals surface area contributed by atoms with Gasteiger partial charge in [0.05, 0.1) is 32.2 Å². The normalized spacial score (nSPS) is 12.0. The molecule has 1 unspecified atom stereocenters. The number of hydrogen-bond acceptors (Lipinski definition) is 6. The third-order valence-electron chi connectivity index (χ3n) is 4.78. The van der Waals surface area contributed by atoms with Gasteiger partial charge in [0, 0.05) is 5.56 Å². The lowest BCUT2D eigenvalue weighted by atomic mass is 10.0. The quantitative estimate of drug-likeness (QED) is 0.561. The lowest BCUT2D eigenvalue weighted by molar-refractivity contribution is -0.120. The molecule has 1 amide bonds. The highest BCUT2D eigenvalue weighted by Gasteiger charge is 2.23. The topological polar surface area (TPSA) is 102 Å². The van der Waals surface area contributed by atoms with E-state index in [1.54, 1.807) is 30.3 Å². The van der Waals surface area contributed by atoms with E-state index < -0.39 is 22.5 Å². The first kappa shape index (κ1) is 24.2. The second-order valence-corrected chi connectivity index (χ2v) is 8.93. The molecule has 0 radical (unpaired) electrons. The zero-order valence-electron chi connectivity index (χ0n) is 18.3. The fraction of sp³-hybridized carbons (Fsp3) is 0.364. The largest absolute Gasteiger partial charge is 0.493 e. The number of nitrogens with zero attached hydrogens (tertiary/aromatic N) is 1. The summed E-state index contributed by atoms with van der Waals surface area (Å²) in [6.45, 7) is 2.89. The van der Waals surface area contributed by atoms with E-state index in [1.165, 1.54) is 27.2 Å². The molecule has 0 heterocycles. The van der Waals surface area contributed by atoms with Crippen LogP contribution in [0.3, 0.4) is 0 Å². The highest BCUT2D eigenvalue weighted by atomic mass is 32.2. The molecule has 2 aromatic rings. The summed E-state index contributed by atoms with van der Waals surface area (Å²) in [4.78, 5) is 24.4. The van der Waals surface area contributed by atoms with Gasteiger partial charge in [-0.3, -0.25) is 13.9 Å². The lowest BCUT2D eigenvalue weighted by Gasteiger charge is -2.24. The van der Waals surface area contributed by atoms with Gasteiger partial charge in [-0.1, -0.05) is 25.1 Å². The molecule has 0 aliphatic rings. The van der Waals surface area contributed by atoms with Gasteiger partial charge in [-0.05, 0) is 43.2 Å². The monoisotopic (exact) mass is 448 g/mol. The number of amides is 1. The van der Waals surface area contributed by atoms with E-state index in [0.717, 1.165) is 16.1 Å². The van der Waals surface area contributed by atoms with Crippen LogP contribution >= 0.6 is 0 Å². The minimum atomic E-state index is -3.76. The summed E-state index contributed by atoms with van der Waals surface area (Å²) in [5.74, 6) is 0.437. The maximum Gasteiger partial charge on any atom is 0.241 e. The van der Waals surface area contributed by atoms with Crippen molar-refractivity contribution in [3.63, 3.8) is 0 Å². The maximum absolute atomic E-state index is 12.8. The average molecular weight is 449 g/mol. The Kier molecular flexibility index (Phi) is 8.04. The molecular formula is C22H28N2O6S. The van der Waals surface area contributed by atoms with Crippen LogP contribution in [0.5, 0.6) is 11.5 Å². The Morgan fingerprint density at radius 2 is 1.74 bits per heavy atom. The summed E-state index contributed by atoms with van der Waals surface area (Å²) in [6.07, 6.45) is 1.60. The first-order valence-corrected chi connectivity index (χ1v) is 11.6. The second-order valence-electron chi connectivity index (χ2n) is 7.02. The second kappa shape index (κ2) is 10.3. The molecule has 168 valence electrons. The van der Waals surface area contributed by atoms with Gasteiger partial charge < -0.3 is 14.8 Å². The van der Waals surface area contributed by atoms with Gasteiger partial charge in [0.1, 0.15) is 6.54 Å². The molecule has 0 saturated heterocycles. The van der Waals surface area contributed by atoms with Crippen molar-refractivity contribution in [1.29, 1.82) is 0 Å². The lowest BCUT2D eigenvalue weighted by Crippen LogP contribution is -2.41. The molecule has 0 saturated carbocycles. The summed E-state index contributed by atoms with van der Waals surface area (Å²) in [6, 6.07) is 11.2. The number of anilines is 1. The van der Waals surface area contributed by atoms with Crippen molar-refractivity contribution in [3.05, 3.63) is 53.6 Å². The third-order valence-corrected chi connectivity index (χ3v) is 5.92. The fourth-order valence-electron chi connectivity index (χ4n) is 3.14. The molecule has 1 N–H and O–H groups in total. The molecule has 0 aliphatic carbocycles. The van der Waals surface area contributed by atoms with Gasteiger partial charge >= 0.3 is 0 Å². The smallest absolute Gasteiger partial charge is 0.241 e. The van der Waals surface area contributed by atoms with Crippen molar-refractivity contribution in [1.82, 2.24) is 5.32 Å². The van der Waals surface area contributed by atoms with Crippen LogP contribution in [0.25, 0.3) is 0 Å². The summed E-state index contributed by atoms with van der Waals surface area (Å²) >= 11 is 0. The predicted molar refractivity (Wildman–Crippen MR) is 119 cm³/mol. The van der Waals surface area contributed by atoms with Crippen LogP contribution in [0.2, 0.25) is 0 Å². The van der Waals surface area contributed by atoms with E-state index >= 15 is 0 Å². The van der Waals surface area contributed by atoms with Gasteiger partial charge in [0.15, 0.2) is 17.3 Å². The van der Waals surface area contributed by atoms with Gasteiger partial charge in [-0.25, -0.2) is 8.42 Å². The molecule has 0 aliphatic heterocycles. The first-order chi connectivity index (χ1) is 14.6. The molecular weight excluding hydrogens is 420 g/mol. The molecule has 9 heteroatoms. The van der Waals surface area contributed by atoms with Gasteiger partial charge in [-0.15, -0.1) is 0 Å². The van der Waals surface area contributed by atoms with Crippen molar-refractivity contribution in [2.24, 2.45) is 0 Å². The summed E-state index contributed by atoms with van der Waals surface area (Å²) < 4.78 is 36.3. The zero-order chi connectivity index (χ0) is 23.2. The average Bonchev–Trinajstić information content (AvgIpc) is 2.74. The highest BCUT2D eigenvalue weighted by molar-refractivity contribution is 7.92. The van der Waals surface area contributed by atoms with Crippen LogP contribution in [0.1, 0.15) is 42.2 Å². The van der Waals surface area contributed by atoms with Crippen LogP contribution < -0.4 is 19.1 Å². The van der Waals surface area contributed by atoms with Gasteiger partial charge in [0.25, 0.3) is 0 Å². The number of ketones is 1. The number of nitrogens with one attached hydrogen (secondary N) is 1. The van der Waals surface area contributed by atoms with Gasteiger partial charge in [-0.2, -0.15) is 0 Å². The number of rotatable bonds is 10. The van der Waals surface area contributed by atoms with E-state index in [1.807, 2.05) is 13.0 Å². The Morgan fingerprint density at radius 3 is 2.29 bits per heavy atom. The van der Waals surface area contributed by atoms with Crippen molar-refractivity contribution >= 4 is 27.4 Å². The molecule has 2 rings (SSSR count). The molecule has 1 atom stereocenters. The Labute approximate surface area is 183 Å². The number of methoxy groups -OCH3 is 2. The molecule has 0 aromatic heterocycles. The van der Waals surface area contributed by atoms with E-state index in [4.69, 9.17) is 9.47 Å². The Morgan fingerprint density at radius 1 is 1.06 bits per heavy atom. The molecule has 0 fully saturated rings. The summed E-state index contributed by atoms with van der Waals surface area (Å²) in [5.41, 5.74) is 1.42. The number of ether oxygens (including phenoxy) is 2. The van der Waals surface area contributed by atoms with Crippen molar-refractivity contribution in [2.75, 3.05) is 31.3 Å². The number of carbonyl (C=O) groups is 2. The Bertz CT molecular complexity index is 1050. The van der Waals surface area contributed by atoms with Crippen molar-refractivity contribution in [2.45, 2.75) is 26.3 Å². The summed E-state index contributed by atoms with van der Waals surface area (Å²) in [5, 5.41) is 2.87. The number of sulfonamides is 1. The van der Waals surface area contributed by atoms with E-state index in [2.05, 4.69) is 5.32 Å². The molecule has 31 heavy (non-hydrogen) atoms. The van der Waals surface area contributed by atoms with E-state index in [9.17, 15) is 18.0 Å². The molecule has 8 nitrogen and oxygen atoms in total. The molecule has 2 aromatic carbocycles. The highest BCUT2D eigenvalue weighted by Crippen LogP contribution is 2.31. The first-order valence-electron chi connectivity index (χ1n) is 9.70. The number of Topliss-reactive ketones (excluding diaryl/α,β-unsaturated/α-hetero) is 1. The fourth-order valence-corrected chi connectivity index (χ4v) is 3.99. The Balaban J connectivity index is 2.26. The third kappa shape index (κ3) is 6.21. The minimum absolute atomic E-state index is 0.195. The number of hydrogen-bond donors (Lipinski definition) is 1. The molecule has 0 spiro atoms. The molecule has 0 bridgehead atoms. The van der Waals surface area contributed by atoms with Crippen LogP contribution in [0.4, 0.5) is 5.69 Å². The van der Waals surface area contributed by atoms with E-state index in [0.29, 0.717) is 23.5 Å². The maximum atomic E-state index is 12.8.